The van der Waals surface area contributed by atoms with E-state index in [1.54, 1.807) is 12.1 Å². The first-order valence-corrected chi connectivity index (χ1v) is 6.02. The standard InChI is InChI=1S/C11H8FN3O2S/c12-6-1-2-7-8(5-6)14-11(13-7)9-3-4-10(18-9)15(16)17/h1-5,11,13-14H/t11-/m0/s1. The molecule has 0 amide bonds. The number of nitro groups is 1. The fraction of sp³-hybridized carbons (Fsp3) is 0.0909. The van der Waals surface area contributed by atoms with E-state index >= 15 is 0 Å². The van der Waals surface area contributed by atoms with Gasteiger partial charge in [0.25, 0.3) is 0 Å². The second-order valence-corrected chi connectivity index (χ2v) is 4.94. The first-order chi connectivity index (χ1) is 8.63. The Morgan fingerprint density at radius 2 is 2.00 bits per heavy atom. The number of nitrogens with one attached hydrogen (secondary N) is 2. The minimum Gasteiger partial charge on any atom is -0.359 e. The van der Waals surface area contributed by atoms with Crippen molar-refractivity contribution in [2.45, 2.75) is 6.17 Å². The first kappa shape index (κ1) is 11.0. The quantitative estimate of drug-likeness (QED) is 0.645. The molecule has 0 saturated carbocycles. The zero-order valence-corrected chi connectivity index (χ0v) is 9.83. The number of benzene rings is 1. The Hall–Kier alpha value is -2.15. The Kier molecular flexibility index (Phi) is 2.41. The van der Waals surface area contributed by atoms with E-state index in [-0.39, 0.29) is 17.0 Å². The summed E-state index contributed by atoms with van der Waals surface area (Å²) in [5.74, 6) is -0.319. The van der Waals surface area contributed by atoms with Crippen LogP contribution in [0.5, 0.6) is 0 Å². The fourth-order valence-corrected chi connectivity index (χ4v) is 2.67. The zero-order chi connectivity index (χ0) is 12.7. The van der Waals surface area contributed by atoms with Gasteiger partial charge in [-0.25, -0.2) is 4.39 Å². The van der Waals surface area contributed by atoms with E-state index in [2.05, 4.69) is 10.6 Å². The van der Waals surface area contributed by atoms with Gasteiger partial charge in [0.1, 0.15) is 12.0 Å². The van der Waals surface area contributed by atoms with Gasteiger partial charge in [0.05, 0.1) is 21.2 Å². The van der Waals surface area contributed by atoms with Gasteiger partial charge < -0.3 is 10.6 Å². The maximum absolute atomic E-state index is 13.0. The molecule has 0 spiro atoms. The van der Waals surface area contributed by atoms with Crippen molar-refractivity contribution in [1.82, 2.24) is 0 Å². The largest absolute Gasteiger partial charge is 0.359 e. The van der Waals surface area contributed by atoms with Crippen molar-refractivity contribution in [2.24, 2.45) is 0 Å². The van der Waals surface area contributed by atoms with E-state index in [1.807, 2.05) is 0 Å². The summed E-state index contributed by atoms with van der Waals surface area (Å²) in [6.07, 6.45) is -0.250. The summed E-state index contributed by atoms with van der Waals surface area (Å²) < 4.78 is 13.0. The molecule has 1 aromatic carbocycles. The van der Waals surface area contributed by atoms with E-state index in [1.165, 1.54) is 18.2 Å². The number of anilines is 2. The molecule has 1 aliphatic heterocycles. The third kappa shape index (κ3) is 1.78. The average Bonchev–Trinajstić information content (AvgIpc) is 2.93. The Morgan fingerprint density at radius 3 is 2.72 bits per heavy atom. The molecule has 92 valence electrons. The van der Waals surface area contributed by atoms with Crippen LogP contribution in [0.15, 0.2) is 30.3 Å². The van der Waals surface area contributed by atoms with Gasteiger partial charge in [-0.1, -0.05) is 11.3 Å². The Bertz CT molecular complexity index is 629. The highest BCUT2D eigenvalue weighted by Crippen LogP contribution is 2.38. The van der Waals surface area contributed by atoms with Crippen molar-refractivity contribution in [1.29, 1.82) is 0 Å². The number of rotatable bonds is 2. The summed E-state index contributed by atoms with van der Waals surface area (Å²) >= 11 is 1.10. The molecular weight excluding hydrogens is 257 g/mol. The fourth-order valence-electron chi connectivity index (χ4n) is 1.85. The van der Waals surface area contributed by atoms with E-state index in [0.717, 1.165) is 21.9 Å². The Morgan fingerprint density at radius 1 is 1.22 bits per heavy atom. The van der Waals surface area contributed by atoms with Crippen molar-refractivity contribution in [3.05, 3.63) is 51.1 Å². The van der Waals surface area contributed by atoms with Gasteiger partial charge in [-0.15, -0.1) is 0 Å². The molecule has 1 aromatic heterocycles. The van der Waals surface area contributed by atoms with Crippen LogP contribution in [-0.2, 0) is 0 Å². The molecule has 2 N–H and O–H groups in total. The molecular formula is C11H8FN3O2S. The first-order valence-electron chi connectivity index (χ1n) is 5.20. The second-order valence-electron chi connectivity index (χ2n) is 3.84. The predicted molar refractivity (Wildman–Crippen MR) is 67.4 cm³/mol. The van der Waals surface area contributed by atoms with E-state index in [0.29, 0.717) is 5.69 Å². The van der Waals surface area contributed by atoms with Crippen LogP contribution in [0.4, 0.5) is 20.8 Å². The maximum atomic E-state index is 13.0. The van der Waals surface area contributed by atoms with Crippen molar-refractivity contribution in [3.63, 3.8) is 0 Å². The molecule has 18 heavy (non-hydrogen) atoms. The summed E-state index contributed by atoms with van der Waals surface area (Å²) in [5, 5.41) is 16.9. The van der Waals surface area contributed by atoms with Gasteiger partial charge in [0, 0.05) is 6.07 Å². The molecule has 0 fully saturated rings. The summed E-state index contributed by atoms with van der Waals surface area (Å²) in [5.41, 5.74) is 1.45. The lowest BCUT2D eigenvalue weighted by Gasteiger charge is -2.08. The van der Waals surface area contributed by atoms with Crippen molar-refractivity contribution < 1.29 is 9.31 Å². The molecule has 0 unspecified atom stereocenters. The predicted octanol–water partition coefficient (Wildman–Crippen LogP) is 3.33. The molecule has 2 heterocycles. The lowest BCUT2D eigenvalue weighted by atomic mass is 10.3. The van der Waals surface area contributed by atoms with Gasteiger partial charge in [-0.05, 0) is 24.3 Å². The molecule has 1 aliphatic rings. The minimum atomic E-state index is -0.421. The van der Waals surface area contributed by atoms with Crippen molar-refractivity contribution in [3.8, 4) is 0 Å². The Balaban J connectivity index is 1.86. The van der Waals surface area contributed by atoms with Crippen molar-refractivity contribution in [2.75, 3.05) is 10.6 Å². The van der Waals surface area contributed by atoms with E-state index in [9.17, 15) is 14.5 Å². The number of fused-ring (bicyclic) bond motifs is 1. The molecule has 0 aliphatic carbocycles. The minimum absolute atomic E-state index is 0.0933. The van der Waals surface area contributed by atoms with Gasteiger partial charge in [-0.2, -0.15) is 0 Å². The van der Waals surface area contributed by atoms with Gasteiger partial charge in [0.15, 0.2) is 0 Å². The van der Waals surface area contributed by atoms with Crippen LogP contribution >= 0.6 is 11.3 Å². The number of hydrogen-bond donors (Lipinski definition) is 2. The molecule has 1 atom stereocenters. The molecule has 0 bridgehead atoms. The molecule has 2 aromatic rings. The third-order valence-corrected chi connectivity index (χ3v) is 3.76. The zero-order valence-electron chi connectivity index (χ0n) is 9.01. The van der Waals surface area contributed by atoms with Crippen molar-refractivity contribution >= 4 is 27.7 Å². The van der Waals surface area contributed by atoms with Crippen LogP contribution in [0.3, 0.4) is 0 Å². The number of thiophene rings is 1. The van der Waals surface area contributed by atoms with Gasteiger partial charge in [-0.3, -0.25) is 10.1 Å². The molecule has 5 nitrogen and oxygen atoms in total. The van der Waals surface area contributed by atoms with Crippen LogP contribution in [0, 0.1) is 15.9 Å². The lowest BCUT2D eigenvalue weighted by Crippen LogP contribution is -2.09. The summed E-state index contributed by atoms with van der Waals surface area (Å²) in [6, 6.07) is 7.55. The topological polar surface area (TPSA) is 67.2 Å². The van der Waals surface area contributed by atoms with Gasteiger partial charge in [0.2, 0.25) is 0 Å². The van der Waals surface area contributed by atoms with E-state index < -0.39 is 4.92 Å². The van der Waals surface area contributed by atoms with Crippen LogP contribution in [0.2, 0.25) is 0 Å². The van der Waals surface area contributed by atoms with Crippen LogP contribution in [-0.4, -0.2) is 4.92 Å². The number of hydrogen-bond acceptors (Lipinski definition) is 5. The highest BCUT2D eigenvalue weighted by molar-refractivity contribution is 7.15. The normalized spacial score (nSPS) is 16.8. The van der Waals surface area contributed by atoms with Crippen LogP contribution in [0.25, 0.3) is 0 Å². The highest BCUT2D eigenvalue weighted by atomic mass is 32.1. The highest BCUT2D eigenvalue weighted by Gasteiger charge is 2.24. The third-order valence-electron chi connectivity index (χ3n) is 2.66. The smallest absolute Gasteiger partial charge is 0.324 e. The van der Waals surface area contributed by atoms with Gasteiger partial charge >= 0.3 is 5.00 Å². The summed E-state index contributed by atoms with van der Waals surface area (Å²) in [4.78, 5) is 11.0. The average molecular weight is 265 g/mol. The molecule has 7 heteroatoms. The molecule has 3 rings (SSSR count). The maximum Gasteiger partial charge on any atom is 0.324 e. The van der Waals surface area contributed by atoms with Crippen LogP contribution < -0.4 is 10.6 Å². The SMILES string of the molecule is O=[N+]([O-])c1ccc([C@H]2Nc3ccc(F)cc3N2)s1. The van der Waals surface area contributed by atoms with E-state index in [4.69, 9.17) is 0 Å². The van der Waals surface area contributed by atoms with Crippen LogP contribution in [0.1, 0.15) is 11.0 Å². The summed E-state index contributed by atoms with van der Waals surface area (Å²) in [7, 11) is 0. The lowest BCUT2D eigenvalue weighted by molar-refractivity contribution is -0.380. The molecule has 0 radical (unpaired) electrons. The number of halogens is 1. The monoisotopic (exact) mass is 265 g/mol. The second kappa shape index (κ2) is 3.95. The number of nitrogens with zero attached hydrogens (tertiary/aromatic N) is 1. The summed E-state index contributed by atoms with van der Waals surface area (Å²) in [6.45, 7) is 0. The Labute approximate surface area is 105 Å². The molecule has 0 saturated heterocycles.